The first-order valence-corrected chi connectivity index (χ1v) is 4.24. The predicted octanol–water partition coefficient (Wildman–Crippen LogP) is 0.456. The van der Waals surface area contributed by atoms with Gasteiger partial charge in [0.15, 0.2) is 0 Å². The summed E-state index contributed by atoms with van der Waals surface area (Å²) >= 11 is 0. The number of rotatable bonds is 2. The summed E-state index contributed by atoms with van der Waals surface area (Å²) in [7, 11) is 0. The third-order valence-electron chi connectivity index (χ3n) is 1.66. The zero-order chi connectivity index (χ0) is 11.4. The van der Waals surface area contributed by atoms with Gasteiger partial charge >= 0.3 is 11.9 Å². The van der Waals surface area contributed by atoms with Crippen molar-refractivity contribution >= 4 is 11.9 Å². The maximum Gasteiger partial charge on any atom is 0.349 e. The molecule has 0 radical (unpaired) electrons. The lowest BCUT2D eigenvalue weighted by Gasteiger charge is -2.05. The molecule has 0 saturated heterocycles. The van der Waals surface area contributed by atoms with Gasteiger partial charge in [-0.2, -0.15) is 0 Å². The van der Waals surface area contributed by atoms with E-state index in [1.807, 2.05) is 0 Å². The molecule has 0 aliphatic carbocycles. The third kappa shape index (κ3) is 2.78. The fourth-order valence-corrected chi connectivity index (χ4v) is 0.878. The molecule has 1 aromatic rings. The summed E-state index contributed by atoms with van der Waals surface area (Å²) in [6, 6.07) is 5.65. The Morgan fingerprint density at radius 2 is 1.93 bits per heavy atom. The van der Waals surface area contributed by atoms with Crippen LogP contribution in [0.2, 0.25) is 0 Å². The Hall–Kier alpha value is -1.88. The van der Waals surface area contributed by atoms with Gasteiger partial charge in [-0.3, -0.25) is 0 Å². The maximum absolute atomic E-state index is 11.3. The maximum atomic E-state index is 11.3. The molecule has 1 aromatic carbocycles. The van der Waals surface area contributed by atoms with Crippen molar-refractivity contribution in [3.05, 3.63) is 29.8 Å². The number of aliphatic hydroxyl groups excluding tert-OH is 1. The van der Waals surface area contributed by atoms with Gasteiger partial charge in [0.25, 0.3) is 0 Å². The summed E-state index contributed by atoms with van der Waals surface area (Å²) < 4.78 is 4.29. The molecule has 5 heteroatoms. The molecule has 0 fully saturated rings. The molecule has 5 nitrogen and oxygen atoms in total. The summed E-state index contributed by atoms with van der Waals surface area (Å²) in [5.41, 5.74) is -0.119. The molecular formula is C10H10O5. The van der Waals surface area contributed by atoms with Crippen molar-refractivity contribution in [1.82, 2.24) is 0 Å². The summed E-state index contributed by atoms with van der Waals surface area (Å²) in [5.74, 6) is -2.32. The second-order valence-corrected chi connectivity index (χ2v) is 2.90. The molecule has 0 spiro atoms. The molecule has 0 aliphatic rings. The molecule has 2 N–H and O–H groups in total. The van der Waals surface area contributed by atoms with E-state index < -0.39 is 18.0 Å². The highest BCUT2D eigenvalue weighted by molar-refractivity contribution is 5.99. The molecule has 1 atom stereocenters. The van der Waals surface area contributed by atoms with E-state index in [9.17, 15) is 14.7 Å². The van der Waals surface area contributed by atoms with Crippen LogP contribution in [0, 0.1) is 0 Å². The van der Waals surface area contributed by atoms with Crippen molar-refractivity contribution < 1.29 is 24.5 Å². The second-order valence-electron chi connectivity index (χ2n) is 2.90. The highest BCUT2D eigenvalue weighted by Gasteiger charge is 2.19. The highest BCUT2D eigenvalue weighted by atomic mass is 16.6. The van der Waals surface area contributed by atoms with Gasteiger partial charge in [0.2, 0.25) is 0 Å². The molecule has 1 unspecified atom stereocenters. The second kappa shape index (κ2) is 4.56. The van der Waals surface area contributed by atoms with Crippen LogP contribution in [0.1, 0.15) is 17.3 Å². The smallest absolute Gasteiger partial charge is 0.349 e. The minimum atomic E-state index is -1.38. The number of hydrogen-bond acceptors (Lipinski definition) is 5. The SMILES string of the molecule is CC(O)C(=O)OC(=O)c1ccccc1O. The Morgan fingerprint density at radius 1 is 1.33 bits per heavy atom. The number of carbonyl (C=O) groups excluding carboxylic acids is 2. The van der Waals surface area contributed by atoms with Crippen LogP contribution in [0.3, 0.4) is 0 Å². The first kappa shape index (κ1) is 11.2. The Kier molecular flexibility index (Phi) is 3.41. The monoisotopic (exact) mass is 210 g/mol. The van der Waals surface area contributed by atoms with Gasteiger partial charge in [0.1, 0.15) is 17.4 Å². The van der Waals surface area contributed by atoms with Crippen molar-refractivity contribution in [1.29, 1.82) is 0 Å². The predicted molar refractivity (Wildman–Crippen MR) is 50.2 cm³/mol. The molecule has 0 heterocycles. The number of aliphatic hydroxyl groups is 1. The zero-order valence-electron chi connectivity index (χ0n) is 8.01. The van der Waals surface area contributed by atoms with E-state index in [-0.39, 0.29) is 11.3 Å². The average molecular weight is 210 g/mol. The lowest BCUT2D eigenvalue weighted by Crippen LogP contribution is -2.22. The number of ether oxygens (including phenoxy) is 1. The molecule has 0 saturated carbocycles. The van der Waals surface area contributed by atoms with Gasteiger partial charge in [-0.15, -0.1) is 0 Å². The lowest BCUT2D eigenvalue weighted by atomic mass is 10.2. The summed E-state index contributed by atoms with van der Waals surface area (Å²) in [4.78, 5) is 22.1. The molecule has 1 rings (SSSR count). The molecule has 15 heavy (non-hydrogen) atoms. The number of benzene rings is 1. The average Bonchev–Trinajstić information content (AvgIpc) is 2.18. The minimum absolute atomic E-state index is 0.119. The number of para-hydroxylation sites is 1. The van der Waals surface area contributed by atoms with Crippen LogP contribution in [0.25, 0.3) is 0 Å². The van der Waals surface area contributed by atoms with E-state index >= 15 is 0 Å². The van der Waals surface area contributed by atoms with E-state index in [0.717, 1.165) is 0 Å². The molecule has 80 valence electrons. The Balaban J connectivity index is 2.79. The van der Waals surface area contributed by atoms with Crippen molar-refractivity contribution in [3.8, 4) is 5.75 Å². The molecule has 0 bridgehead atoms. The summed E-state index contributed by atoms with van der Waals surface area (Å²) in [5, 5.41) is 18.1. The Labute approximate surface area is 85.9 Å². The van der Waals surface area contributed by atoms with Crippen LogP contribution in [-0.4, -0.2) is 28.3 Å². The quantitative estimate of drug-likeness (QED) is 0.547. The summed E-state index contributed by atoms with van der Waals surface area (Å²) in [6.45, 7) is 1.18. The number of hydrogen-bond donors (Lipinski definition) is 2. The fraction of sp³-hybridized carbons (Fsp3) is 0.200. The fourth-order valence-electron chi connectivity index (χ4n) is 0.878. The van der Waals surface area contributed by atoms with E-state index in [2.05, 4.69) is 4.74 Å². The van der Waals surface area contributed by atoms with Crippen molar-refractivity contribution in [2.75, 3.05) is 0 Å². The third-order valence-corrected chi connectivity index (χ3v) is 1.66. The van der Waals surface area contributed by atoms with Crippen LogP contribution in [-0.2, 0) is 9.53 Å². The number of phenols is 1. The number of phenolic OH excluding ortho intramolecular Hbond substituents is 1. The molecule has 0 amide bonds. The van der Waals surface area contributed by atoms with Crippen LogP contribution in [0.4, 0.5) is 0 Å². The van der Waals surface area contributed by atoms with E-state index in [4.69, 9.17) is 5.11 Å². The van der Waals surface area contributed by atoms with E-state index in [1.165, 1.54) is 31.2 Å². The van der Waals surface area contributed by atoms with Gasteiger partial charge in [-0.25, -0.2) is 9.59 Å². The van der Waals surface area contributed by atoms with Crippen LogP contribution in [0.5, 0.6) is 5.75 Å². The Morgan fingerprint density at radius 3 is 2.47 bits per heavy atom. The first-order valence-electron chi connectivity index (χ1n) is 4.24. The lowest BCUT2D eigenvalue weighted by molar-refractivity contribution is -0.146. The van der Waals surface area contributed by atoms with Crippen LogP contribution in [0.15, 0.2) is 24.3 Å². The van der Waals surface area contributed by atoms with Gasteiger partial charge in [0.05, 0.1) is 0 Å². The van der Waals surface area contributed by atoms with Crippen molar-refractivity contribution in [3.63, 3.8) is 0 Å². The van der Waals surface area contributed by atoms with Gasteiger partial charge in [-0.05, 0) is 19.1 Å². The minimum Gasteiger partial charge on any atom is -0.507 e. The van der Waals surface area contributed by atoms with Gasteiger partial charge in [-0.1, -0.05) is 12.1 Å². The van der Waals surface area contributed by atoms with Crippen molar-refractivity contribution in [2.45, 2.75) is 13.0 Å². The van der Waals surface area contributed by atoms with Crippen molar-refractivity contribution in [2.24, 2.45) is 0 Å². The Bertz CT molecular complexity index is 383. The van der Waals surface area contributed by atoms with E-state index in [0.29, 0.717) is 0 Å². The summed E-state index contributed by atoms with van der Waals surface area (Å²) in [6.07, 6.45) is -1.38. The largest absolute Gasteiger partial charge is 0.507 e. The van der Waals surface area contributed by atoms with Crippen LogP contribution >= 0.6 is 0 Å². The first-order chi connectivity index (χ1) is 7.02. The van der Waals surface area contributed by atoms with Crippen LogP contribution < -0.4 is 0 Å². The number of carbonyl (C=O) groups is 2. The van der Waals surface area contributed by atoms with E-state index in [1.54, 1.807) is 0 Å². The standard InChI is InChI=1S/C10H10O5/c1-6(11)9(13)15-10(14)7-4-2-3-5-8(7)12/h2-6,11-12H,1H3. The normalized spacial score (nSPS) is 11.9. The number of esters is 2. The van der Waals surface area contributed by atoms with Gasteiger partial charge < -0.3 is 14.9 Å². The highest BCUT2D eigenvalue weighted by Crippen LogP contribution is 2.16. The molecule has 0 aliphatic heterocycles. The topological polar surface area (TPSA) is 83.8 Å². The van der Waals surface area contributed by atoms with Gasteiger partial charge in [0, 0.05) is 0 Å². The molecule has 0 aromatic heterocycles. The molecular weight excluding hydrogens is 200 g/mol. The number of aromatic hydroxyl groups is 1. The zero-order valence-corrected chi connectivity index (χ0v) is 8.01.